The van der Waals surface area contributed by atoms with Crippen molar-refractivity contribution >= 4 is 16.8 Å². The number of anilines is 1. The molecule has 0 bridgehead atoms. The van der Waals surface area contributed by atoms with E-state index in [-0.39, 0.29) is 6.04 Å². The average molecular weight is 350 g/mol. The Bertz CT molecular complexity index is 882. The summed E-state index contributed by atoms with van der Waals surface area (Å²) in [6.07, 6.45) is 4.40. The van der Waals surface area contributed by atoms with Crippen molar-refractivity contribution in [3.8, 4) is 5.75 Å². The van der Waals surface area contributed by atoms with Gasteiger partial charge in [0.2, 0.25) is 0 Å². The maximum absolute atomic E-state index is 6.24. The van der Waals surface area contributed by atoms with Crippen LogP contribution >= 0.6 is 0 Å². The number of fused-ring (bicyclic) bond motifs is 1. The van der Waals surface area contributed by atoms with E-state index in [4.69, 9.17) is 9.15 Å². The van der Waals surface area contributed by atoms with Gasteiger partial charge in [-0.2, -0.15) is 0 Å². The minimum absolute atomic E-state index is 0.0631. The second-order valence-corrected chi connectivity index (χ2v) is 7.58. The van der Waals surface area contributed by atoms with Gasteiger partial charge >= 0.3 is 0 Å². The van der Waals surface area contributed by atoms with Gasteiger partial charge in [-0.25, -0.2) is 4.98 Å². The number of benzene rings is 1. The van der Waals surface area contributed by atoms with Crippen LogP contribution in [-0.2, 0) is 0 Å². The maximum atomic E-state index is 6.24. The molecule has 3 aromatic rings. The van der Waals surface area contributed by atoms with E-state index in [1.807, 2.05) is 30.3 Å². The number of aromatic nitrogens is 1. The van der Waals surface area contributed by atoms with Crippen LogP contribution in [0.1, 0.15) is 44.1 Å². The van der Waals surface area contributed by atoms with Crippen LogP contribution in [0.15, 0.2) is 47.0 Å². The molecule has 0 radical (unpaired) electrons. The molecule has 1 aliphatic carbocycles. The standard InChI is InChI=1S/C22H26N2O2/c1-14(2)21(24-20-6-4-5-11-23-20)22-15(3)18-12-17(9-10-19(18)26-22)25-13-16-7-8-16/h4-6,9-12,14,16,21H,7-8,13H2,1-3H3,(H,23,24). The van der Waals surface area contributed by atoms with E-state index in [2.05, 4.69) is 37.1 Å². The molecule has 0 amide bonds. The average Bonchev–Trinajstić information content (AvgIpc) is 3.42. The van der Waals surface area contributed by atoms with Gasteiger partial charge in [-0.1, -0.05) is 19.9 Å². The first-order valence-electron chi connectivity index (χ1n) is 9.45. The molecule has 26 heavy (non-hydrogen) atoms. The largest absolute Gasteiger partial charge is 0.493 e. The third kappa shape index (κ3) is 3.55. The van der Waals surface area contributed by atoms with Crippen LogP contribution in [0.4, 0.5) is 5.82 Å². The Morgan fingerprint density at radius 1 is 1.23 bits per heavy atom. The number of ether oxygens (including phenoxy) is 1. The fraction of sp³-hybridized carbons (Fsp3) is 0.409. The second-order valence-electron chi connectivity index (χ2n) is 7.58. The number of nitrogens with one attached hydrogen (secondary N) is 1. The first-order valence-corrected chi connectivity index (χ1v) is 9.45. The van der Waals surface area contributed by atoms with E-state index < -0.39 is 0 Å². The summed E-state index contributed by atoms with van der Waals surface area (Å²) in [5, 5.41) is 4.65. The predicted octanol–water partition coefficient (Wildman–Crippen LogP) is 5.73. The summed E-state index contributed by atoms with van der Waals surface area (Å²) in [4.78, 5) is 4.40. The van der Waals surface area contributed by atoms with Crippen molar-refractivity contribution in [1.29, 1.82) is 0 Å². The molecule has 4 heteroatoms. The topological polar surface area (TPSA) is 47.3 Å². The van der Waals surface area contributed by atoms with E-state index in [1.54, 1.807) is 6.20 Å². The molecule has 4 rings (SSSR count). The molecular weight excluding hydrogens is 324 g/mol. The Kier molecular flexibility index (Phi) is 4.58. The third-order valence-corrected chi connectivity index (χ3v) is 5.04. The molecule has 1 aromatic carbocycles. The highest BCUT2D eigenvalue weighted by atomic mass is 16.5. The molecule has 1 saturated carbocycles. The van der Waals surface area contributed by atoms with Crippen LogP contribution in [0.2, 0.25) is 0 Å². The summed E-state index contributed by atoms with van der Waals surface area (Å²) in [6, 6.07) is 12.1. The summed E-state index contributed by atoms with van der Waals surface area (Å²) >= 11 is 0. The molecule has 0 aliphatic heterocycles. The molecule has 4 nitrogen and oxygen atoms in total. The van der Waals surface area contributed by atoms with Crippen molar-refractivity contribution in [3.05, 3.63) is 53.9 Å². The Morgan fingerprint density at radius 2 is 2.08 bits per heavy atom. The fourth-order valence-corrected chi connectivity index (χ4v) is 3.25. The van der Waals surface area contributed by atoms with Gasteiger partial charge in [0.15, 0.2) is 0 Å². The number of hydrogen-bond donors (Lipinski definition) is 1. The molecular formula is C22H26N2O2. The Balaban J connectivity index is 1.63. The maximum Gasteiger partial charge on any atom is 0.134 e. The van der Waals surface area contributed by atoms with Gasteiger partial charge in [-0.05, 0) is 61.9 Å². The van der Waals surface area contributed by atoms with Crippen molar-refractivity contribution in [2.24, 2.45) is 11.8 Å². The van der Waals surface area contributed by atoms with Gasteiger partial charge in [0.1, 0.15) is 22.9 Å². The van der Waals surface area contributed by atoms with Gasteiger partial charge in [0, 0.05) is 17.1 Å². The highest BCUT2D eigenvalue weighted by molar-refractivity contribution is 5.83. The molecule has 1 aliphatic rings. The SMILES string of the molecule is Cc1c(C(Nc2ccccn2)C(C)C)oc2ccc(OCC3CC3)cc12. The van der Waals surface area contributed by atoms with Crippen molar-refractivity contribution in [2.45, 2.75) is 39.7 Å². The molecule has 2 aromatic heterocycles. The summed E-state index contributed by atoms with van der Waals surface area (Å²) in [5.74, 6) is 3.87. The molecule has 0 saturated heterocycles. The molecule has 0 spiro atoms. The zero-order valence-corrected chi connectivity index (χ0v) is 15.7. The van der Waals surface area contributed by atoms with E-state index in [0.29, 0.717) is 5.92 Å². The Morgan fingerprint density at radius 3 is 2.77 bits per heavy atom. The highest BCUT2D eigenvalue weighted by Crippen LogP contribution is 2.36. The van der Waals surface area contributed by atoms with Crippen molar-refractivity contribution < 1.29 is 9.15 Å². The fourth-order valence-electron chi connectivity index (χ4n) is 3.25. The van der Waals surface area contributed by atoms with Gasteiger partial charge < -0.3 is 14.5 Å². The van der Waals surface area contributed by atoms with E-state index in [0.717, 1.165) is 40.8 Å². The monoisotopic (exact) mass is 350 g/mol. The predicted molar refractivity (Wildman–Crippen MR) is 105 cm³/mol. The first-order chi connectivity index (χ1) is 12.6. The zero-order chi connectivity index (χ0) is 18.1. The molecule has 1 atom stereocenters. The van der Waals surface area contributed by atoms with E-state index in [9.17, 15) is 0 Å². The first kappa shape index (κ1) is 17.0. The van der Waals surface area contributed by atoms with Crippen LogP contribution in [0.25, 0.3) is 11.0 Å². The smallest absolute Gasteiger partial charge is 0.134 e. The zero-order valence-electron chi connectivity index (χ0n) is 15.7. The number of furan rings is 1. The quantitative estimate of drug-likeness (QED) is 0.591. The summed E-state index contributed by atoms with van der Waals surface area (Å²) in [7, 11) is 0. The van der Waals surface area contributed by atoms with E-state index in [1.165, 1.54) is 18.4 Å². The van der Waals surface area contributed by atoms with Crippen LogP contribution in [0.3, 0.4) is 0 Å². The molecule has 2 heterocycles. The van der Waals surface area contributed by atoms with Gasteiger partial charge in [0.25, 0.3) is 0 Å². The minimum Gasteiger partial charge on any atom is -0.493 e. The summed E-state index contributed by atoms with van der Waals surface area (Å²) in [6.45, 7) is 7.33. The minimum atomic E-state index is 0.0631. The Hall–Kier alpha value is -2.49. The van der Waals surface area contributed by atoms with Gasteiger partial charge in [-0.15, -0.1) is 0 Å². The normalized spacial score (nSPS) is 15.4. The molecule has 136 valence electrons. The molecule has 1 N–H and O–H groups in total. The lowest BCUT2D eigenvalue weighted by Crippen LogP contribution is -2.17. The van der Waals surface area contributed by atoms with Crippen LogP contribution < -0.4 is 10.1 Å². The number of rotatable bonds is 7. The lowest BCUT2D eigenvalue weighted by Gasteiger charge is -2.21. The summed E-state index contributed by atoms with van der Waals surface area (Å²) in [5.41, 5.74) is 2.07. The number of nitrogens with zero attached hydrogens (tertiary/aromatic N) is 1. The Labute approximate surface area is 154 Å². The lowest BCUT2D eigenvalue weighted by molar-refractivity contribution is 0.300. The number of aryl methyl sites for hydroxylation is 1. The highest BCUT2D eigenvalue weighted by Gasteiger charge is 2.25. The summed E-state index contributed by atoms with van der Waals surface area (Å²) < 4.78 is 12.2. The molecule has 1 fully saturated rings. The van der Waals surface area contributed by atoms with Crippen molar-refractivity contribution in [1.82, 2.24) is 4.98 Å². The lowest BCUT2D eigenvalue weighted by atomic mass is 9.98. The van der Waals surface area contributed by atoms with Crippen molar-refractivity contribution in [2.75, 3.05) is 11.9 Å². The second kappa shape index (κ2) is 7.02. The number of pyridine rings is 1. The van der Waals surface area contributed by atoms with Gasteiger partial charge in [-0.3, -0.25) is 0 Å². The number of hydrogen-bond acceptors (Lipinski definition) is 4. The third-order valence-electron chi connectivity index (χ3n) is 5.04. The van der Waals surface area contributed by atoms with E-state index >= 15 is 0 Å². The van der Waals surface area contributed by atoms with Crippen LogP contribution in [0, 0.1) is 18.8 Å². The van der Waals surface area contributed by atoms with Crippen LogP contribution in [0.5, 0.6) is 5.75 Å². The van der Waals surface area contributed by atoms with Gasteiger partial charge in [0.05, 0.1) is 12.6 Å². The van der Waals surface area contributed by atoms with Crippen molar-refractivity contribution in [3.63, 3.8) is 0 Å². The molecule has 1 unspecified atom stereocenters. The van der Waals surface area contributed by atoms with Crippen LogP contribution in [-0.4, -0.2) is 11.6 Å².